The fraction of sp³-hybridized carbons (Fsp3) is 0.333. The maximum atomic E-state index is 6.16. The molecule has 1 unspecified atom stereocenters. The van der Waals surface area contributed by atoms with Crippen molar-refractivity contribution in [2.75, 3.05) is 6.54 Å². The van der Waals surface area contributed by atoms with Crippen LogP contribution in [0.15, 0.2) is 38.6 Å². The molecule has 1 aromatic carbocycles. The summed E-state index contributed by atoms with van der Waals surface area (Å²) in [6.45, 7) is 3.19. The molecule has 0 fully saturated rings. The van der Waals surface area contributed by atoms with Gasteiger partial charge in [0.25, 0.3) is 0 Å². The summed E-state index contributed by atoms with van der Waals surface area (Å²) < 4.78 is 2.13. The molecule has 0 saturated carbocycles. The Morgan fingerprint density at radius 3 is 2.70 bits per heavy atom. The van der Waals surface area contributed by atoms with Gasteiger partial charge in [0.2, 0.25) is 0 Å². The van der Waals surface area contributed by atoms with E-state index in [4.69, 9.17) is 11.6 Å². The fourth-order valence-electron chi connectivity index (χ4n) is 2.03. The molecule has 0 amide bonds. The van der Waals surface area contributed by atoms with Gasteiger partial charge >= 0.3 is 0 Å². The molecule has 0 saturated heterocycles. The first-order valence-electron chi connectivity index (χ1n) is 6.52. The predicted octanol–water partition coefficient (Wildman–Crippen LogP) is 6.21. The van der Waals surface area contributed by atoms with Crippen LogP contribution < -0.4 is 5.32 Å². The number of halogens is 3. The van der Waals surface area contributed by atoms with Crippen LogP contribution in [0.4, 0.5) is 0 Å². The van der Waals surface area contributed by atoms with Crippen molar-refractivity contribution in [3.8, 4) is 0 Å². The average Bonchev–Trinajstić information content (AvgIpc) is 2.74. The molecule has 5 heteroatoms. The van der Waals surface area contributed by atoms with Crippen molar-refractivity contribution in [3.05, 3.63) is 54.1 Å². The van der Waals surface area contributed by atoms with Gasteiger partial charge in [-0.05, 0) is 59.1 Å². The van der Waals surface area contributed by atoms with Crippen molar-refractivity contribution in [2.45, 2.75) is 25.8 Å². The first kappa shape index (κ1) is 16.5. The molecule has 20 heavy (non-hydrogen) atoms. The first-order valence-corrected chi connectivity index (χ1v) is 9.30. The van der Waals surface area contributed by atoms with Gasteiger partial charge in [0.15, 0.2) is 0 Å². The summed E-state index contributed by atoms with van der Waals surface area (Å²) in [6.07, 6.45) is 2.08. The predicted molar refractivity (Wildman–Crippen MR) is 95.9 cm³/mol. The van der Waals surface area contributed by atoms with Crippen molar-refractivity contribution in [1.29, 1.82) is 0 Å². The molecular weight excluding hydrogens is 422 g/mol. The SMILES string of the molecule is CCCNC(Cc1cccc(Br)c1)c1cc(Cl)c(Br)s1. The highest BCUT2D eigenvalue weighted by Gasteiger charge is 2.16. The second-order valence-corrected chi connectivity index (χ2v) is 8.34. The van der Waals surface area contributed by atoms with Crippen LogP contribution in [0, 0.1) is 0 Å². The molecule has 0 aliphatic carbocycles. The minimum absolute atomic E-state index is 0.304. The number of thiophene rings is 1. The Morgan fingerprint density at radius 2 is 2.10 bits per heavy atom. The Bertz CT molecular complexity index is 551. The summed E-state index contributed by atoms with van der Waals surface area (Å²) in [7, 11) is 0. The van der Waals surface area contributed by atoms with E-state index in [1.54, 1.807) is 11.3 Å². The highest BCUT2D eigenvalue weighted by Crippen LogP contribution is 2.36. The van der Waals surface area contributed by atoms with Crippen LogP contribution in [-0.2, 0) is 6.42 Å². The minimum Gasteiger partial charge on any atom is -0.309 e. The van der Waals surface area contributed by atoms with Crippen LogP contribution >= 0.6 is 54.8 Å². The zero-order valence-electron chi connectivity index (χ0n) is 11.1. The van der Waals surface area contributed by atoms with E-state index in [-0.39, 0.29) is 0 Å². The number of rotatable bonds is 6. The summed E-state index contributed by atoms with van der Waals surface area (Å²) in [5.41, 5.74) is 1.31. The van der Waals surface area contributed by atoms with Crippen molar-refractivity contribution < 1.29 is 0 Å². The van der Waals surface area contributed by atoms with E-state index in [0.717, 1.165) is 32.7 Å². The third-order valence-corrected chi connectivity index (χ3v) is 6.06. The summed E-state index contributed by atoms with van der Waals surface area (Å²) in [6, 6.07) is 10.8. The molecule has 1 heterocycles. The van der Waals surface area contributed by atoms with Gasteiger partial charge in [0, 0.05) is 15.4 Å². The van der Waals surface area contributed by atoms with Crippen LogP contribution in [0.25, 0.3) is 0 Å². The quantitative estimate of drug-likeness (QED) is 0.566. The number of nitrogens with one attached hydrogen (secondary N) is 1. The van der Waals surface area contributed by atoms with Crippen molar-refractivity contribution in [2.24, 2.45) is 0 Å². The molecule has 108 valence electrons. The van der Waals surface area contributed by atoms with Crippen LogP contribution in [0.3, 0.4) is 0 Å². The smallest absolute Gasteiger partial charge is 0.0887 e. The maximum Gasteiger partial charge on any atom is 0.0887 e. The topological polar surface area (TPSA) is 12.0 Å². The number of hydrogen-bond acceptors (Lipinski definition) is 2. The van der Waals surface area contributed by atoms with Gasteiger partial charge in [-0.1, -0.05) is 46.6 Å². The van der Waals surface area contributed by atoms with E-state index in [1.165, 1.54) is 10.4 Å². The molecule has 1 aromatic heterocycles. The Labute approximate surface area is 146 Å². The van der Waals surface area contributed by atoms with Gasteiger partial charge in [0.05, 0.1) is 8.81 Å². The lowest BCUT2D eigenvalue weighted by molar-refractivity contribution is 0.536. The Morgan fingerprint density at radius 1 is 1.30 bits per heavy atom. The molecule has 0 aliphatic heterocycles. The summed E-state index contributed by atoms with van der Waals surface area (Å²) in [4.78, 5) is 1.27. The molecule has 2 aromatic rings. The third kappa shape index (κ3) is 4.57. The molecule has 0 bridgehead atoms. The maximum absolute atomic E-state index is 6.16. The zero-order valence-corrected chi connectivity index (χ0v) is 15.9. The van der Waals surface area contributed by atoms with E-state index in [0.29, 0.717) is 6.04 Å². The van der Waals surface area contributed by atoms with Crippen LogP contribution in [-0.4, -0.2) is 6.54 Å². The van der Waals surface area contributed by atoms with Gasteiger partial charge < -0.3 is 5.32 Å². The molecular formula is C15H16Br2ClNS. The van der Waals surface area contributed by atoms with Crippen molar-refractivity contribution in [3.63, 3.8) is 0 Å². The van der Waals surface area contributed by atoms with E-state index in [9.17, 15) is 0 Å². The Hall–Kier alpha value is 0.130. The monoisotopic (exact) mass is 435 g/mol. The third-order valence-electron chi connectivity index (χ3n) is 2.98. The highest BCUT2D eigenvalue weighted by atomic mass is 79.9. The Kier molecular flexibility index (Phi) is 6.56. The van der Waals surface area contributed by atoms with Gasteiger partial charge in [-0.3, -0.25) is 0 Å². The standard InChI is InChI=1S/C15H16Br2ClNS/c1-2-6-19-13(14-9-12(18)15(17)20-14)8-10-4-3-5-11(16)7-10/h3-5,7,9,13,19H,2,6,8H2,1H3. The lowest BCUT2D eigenvalue weighted by Crippen LogP contribution is -2.23. The summed E-state index contributed by atoms with van der Waals surface area (Å²) >= 11 is 14.9. The van der Waals surface area contributed by atoms with E-state index >= 15 is 0 Å². The van der Waals surface area contributed by atoms with Gasteiger partial charge in [-0.25, -0.2) is 0 Å². The van der Waals surface area contributed by atoms with Gasteiger partial charge in [-0.15, -0.1) is 11.3 Å². The van der Waals surface area contributed by atoms with E-state index < -0.39 is 0 Å². The highest BCUT2D eigenvalue weighted by molar-refractivity contribution is 9.11. The van der Waals surface area contributed by atoms with Crippen LogP contribution in [0.5, 0.6) is 0 Å². The van der Waals surface area contributed by atoms with E-state index in [1.807, 2.05) is 0 Å². The first-order chi connectivity index (χ1) is 9.60. The average molecular weight is 438 g/mol. The molecule has 1 nitrogen and oxygen atoms in total. The largest absolute Gasteiger partial charge is 0.309 e. The number of benzene rings is 1. The molecule has 0 radical (unpaired) electrons. The number of hydrogen-bond donors (Lipinski definition) is 1. The molecule has 2 rings (SSSR count). The zero-order chi connectivity index (χ0) is 14.5. The molecule has 1 atom stereocenters. The Balaban J connectivity index is 2.19. The molecule has 0 aliphatic rings. The molecule has 1 N–H and O–H groups in total. The lowest BCUT2D eigenvalue weighted by atomic mass is 10.0. The summed E-state index contributed by atoms with van der Waals surface area (Å²) in [5, 5.41) is 4.40. The normalized spacial score (nSPS) is 12.6. The second-order valence-electron chi connectivity index (χ2n) is 4.61. The van der Waals surface area contributed by atoms with E-state index in [2.05, 4.69) is 74.4 Å². The summed E-state index contributed by atoms with van der Waals surface area (Å²) in [5.74, 6) is 0. The lowest BCUT2D eigenvalue weighted by Gasteiger charge is -2.17. The second kappa shape index (κ2) is 7.95. The van der Waals surface area contributed by atoms with Gasteiger partial charge in [0.1, 0.15) is 0 Å². The van der Waals surface area contributed by atoms with Crippen molar-refractivity contribution >= 4 is 54.8 Å². The van der Waals surface area contributed by atoms with Crippen molar-refractivity contribution in [1.82, 2.24) is 5.32 Å². The molecule has 0 spiro atoms. The van der Waals surface area contributed by atoms with Crippen LogP contribution in [0.1, 0.15) is 29.8 Å². The van der Waals surface area contributed by atoms with Gasteiger partial charge in [-0.2, -0.15) is 0 Å². The minimum atomic E-state index is 0.304. The fourth-order valence-corrected chi connectivity index (χ4v) is 4.30. The van der Waals surface area contributed by atoms with Crippen LogP contribution in [0.2, 0.25) is 5.02 Å².